The van der Waals surface area contributed by atoms with Crippen molar-refractivity contribution >= 4 is 11.8 Å². The fraction of sp³-hybridized carbons (Fsp3) is 0.316. The molecule has 0 unspecified atom stereocenters. The second kappa shape index (κ2) is 5.48. The Morgan fingerprint density at radius 1 is 1.05 bits per heavy atom. The Hall–Kier alpha value is -2.29. The monoisotopic (exact) mass is 295 g/mol. The number of hydrogen-bond acceptors (Lipinski definition) is 2. The number of fused-ring (bicyclic) bond motifs is 1. The molecule has 0 saturated heterocycles. The quantitative estimate of drug-likeness (QED) is 0.771. The zero-order valence-electron chi connectivity index (χ0n) is 13.2. The number of para-hydroxylation sites is 1. The number of ether oxygens (including phenoxy) is 1. The van der Waals surface area contributed by atoms with E-state index in [4.69, 9.17) is 4.74 Å². The van der Waals surface area contributed by atoms with Crippen LogP contribution in [0.3, 0.4) is 0 Å². The molecule has 22 heavy (non-hydrogen) atoms. The fourth-order valence-electron chi connectivity index (χ4n) is 2.87. The molecule has 2 aromatic rings. The molecule has 114 valence electrons. The van der Waals surface area contributed by atoms with E-state index in [0.717, 1.165) is 5.69 Å². The summed E-state index contributed by atoms with van der Waals surface area (Å²) >= 11 is 0. The van der Waals surface area contributed by atoms with Crippen LogP contribution >= 0.6 is 0 Å². The standard InChI is InChI=1S/C19H21NO2/c1-19(2,3)22-18(21)20-13-16(14-9-5-4-6-10-14)15-11-7-8-12-17(15)20/h4-12,16H,13H2,1-3H3/t16-/m0/s1. The first kappa shape index (κ1) is 14.6. The second-order valence-corrected chi connectivity index (χ2v) is 6.61. The molecule has 2 aromatic carbocycles. The predicted octanol–water partition coefficient (Wildman–Crippen LogP) is 4.57. The van der Waals surface area contributed by atoms with Gasteiger partial charge in [-0.25, -0.2) is 4.79 Å². The summed E-state index contributed by atoms with van der Waals surface area (Å²) in [5, 5.41) is 0. The molecule has 0 aliphatic carbocycles. The van der Waals surface area contributed by atoms with E-state index < -0.39 is 5.60 Å². The molecular formula is C19H21NO2. The van der Waals surface area contributed by atoms with Gasteiger partial charge in [0.1, 0.15) is 5.60 Å². The van der Waals surface area contributed by atoms with Crippen LogP contribution < -0.4 is 4.90 Å². The Labute approximate surface area is 131 Å². The molecule has 1 aliphatic heterocycles. The number of benzene rings is 2. The number of carbonyl (C=O) groups is 1. The highest BCUT2D eigenvalue weighted by atomic mass is 16.6. The van der Waals surface area contributed by atoms with Crippen LogP contribution in [0.5, 0.6) is 0 Å². The van der Waals surface area contributed by atoms with Gasteiger partial charge in [0, 0.05) is 12.5 Å². The lowest BCUT2D eigenvalue weighted by atomic mass is 9.93. The average Bonchev–Trinajstić information content (AvgIpc) is 2.86. The highest BCUT2D eigenvalue weighted by molar-refractivity contribution is 5.91. The van der Waals surface area contributed by atoms with Gasteiger partial charge in [-0.15, -0.1) is 0 Å². The smallest absolute Gasteiger partial charge is 0.414 e. The van der Waals surface area contributed by atoms with E-state index in [9.17, 15) is 4.79 Å². The SMILES string of the molecule is CC(C)(C)OC(=O)N1C[C@@H](c2ccccc2)c2ccccc21. The van der Waals surface area contributed by atoms with Crippen LogP contribution in [0, 0.1) is 0 Å². The van der Waals surface area contributed by atoms with Crippen LogP contribution in [0.2, 0.25) is 0 Å². The summed E-state index contributed by atoms with van der Waals surface area (Å²) in [4.78, 5) is 14.3. The maximum atomic E-state index is 12.5. The molecule has 1 atom stereocenters. The molecule has 1 amide bonds. The lowest BCUT2D eigenvalue weighted by Crippen LogP contribution is -2.36. The third kappa shape index (κ3) is 2.84. The first-order valence-electron chi connectivity index (χ1n) is 7.60. The molecule has 0 radical (unpaired) electrons. The Morgan fingerprint density at radius 3 is 2.36 bits per heavy atom. The minimum absolute atomic E-state index is 0.199. The largest absolute Gasteiger partial charge is 0.443 e. The van der Waals surface area contributed by atoms with Crippen LogP contribution in [0.4, 0.5) is 10.5 Å². The Morgan fingerprint density at radius 2 is 1.68 bits per heavy atom. The molecule has 0 saturated carbocycles. The molecule has 0 bridgehead atoms. The van der Waals surface area contributed by atoms with Crippen molar-refractivity contribution in [2.75, 3.05) is 11.4 Å². The Balaban J connectivity index is 1.94. The molecule has 0 N–H and O–H groups in total. The van der Waals surface area contributed by atoms with Crippen molar-refractivity contribution in [2.45, 2.75) is 32.3 Å². The van der Waals surface area contributed by atoms with Crippen LogP contribution in [0.15, 0.2) is 54.6 Å². The Kier molecular flexibility index (Phi) is 3.65. The molecule has 0 spiro atoms. The van der Waals surface area contributed by atoms with Gasteiger partial charge in [0.05, 0.1) is 5.69 Å². The zero-order valence-corrected chi connectivity index (χ0v) is 13.2. The van der Waals surface area contributed by atoms with E-state index in [1.807, 2.05) is 57.2 Å². The molecule has 3 nitrogen and oxygen atoms in total. The van der Waals surface area contributed by atoms with E-state index in [-0.39, 0.29) is 12.0 Å². The second-order valence-electron chi connectivity index (χ2n) is 6.61. The van der Waals surface area contributed by atoms with E-state index in [1.54, 1.807) is 4.90 Å². The highest BCUT2D eigenvalue weighted by Gasteiger charge is 2.35. The molecule has 1 heterocycles. The summed E-state index contributed by atoms with van der Waals surface area (Å²) < 4.78 is 5.55. The van der Waals surface area contributed by atoms with Crippen LogP contribution in [-0.2, 0) is 4.74 Å². The number of carbonyl (C=O) groups excluding carboxylic acids is 1. The molecule has 1 aliphatic rings. The minimum atomic E-state index is -0.489. The number of anilines is 1. The number of amides is 1. The summed E-state index contributed by atoms with van der Waals surface area (Å²) in [6.45, 7) is 6.29. The van der Waals surface area contributed by atoms with Crippen molar-refractivity contribution in [2.24, 2.45) is 0 Å². The third-order valence-electron chi connectivity index (χ3n) is 3.78. The molecule has 3 heteroatoms. The van der Waals surface area contributed by atoms with Gasteiger partial charge in [0.25, 0.3) is 0 Å². The summed E-state index contributed by atoms with van der Waals surface area (Å²) in [5.74, 6) is 0.199. The molecule has 0 fully saturated rings. The average molecular weight is 295 g/mol. The van der Waals surface area contributed by atoms with Gasteiger partial charge < -0.3 is 4.74 Å². The lowest BCUT2D eigenvalue weighted by Gasteiger charge is -2.25. The number of nitrogens with zero attached hydrogens (tertiary/aromatic N) is 1. The first-order chi connectivity index (χ1) is 10.5. The van der Waals surface area contributed by atoms with Gasteiger partial charge in [0.2, 0.25) is 0 Å². The summed E-state index contributed by atoms with van der Waals surface area (Å²) in [6.07, 6.45) is -0.279. The Bertz CT molecular complexity index is 673. The predicted molar refractivity (Wildman–Crippen MR) is 88.3 cm³/mol. The maximum Gasteiger partial charge on any atom is 0.414 e. The van der Waals surface area contributed by atoms with Crippen molar-refractivity contribution in [1.82, 2.24) is 0 Å². The summed E-state index contributed by atoms with van der Waals surface area (Å²) in [5.41, 5.74) is 2.86. The zero-order chi connectivity index (χ0) is 15.7. The van der Waals surface area contributed by atoms with Gasteiger partial charge in [-0.05, 0) is 38.0 Å². The third-order valence-corrected chi connectivity index (χ3v) is 3.78. The molecule has 3 rings (SSSR count). The fourth-order valence-corrected chi connectivity index (χ4v) is 2.87. The van der Waals surface area contributed by atoms with Crippen molar-refractivity contribution in [3.63, 3.8) is 0 Å². The number of rotatable bonds is 1. The summed E-state index contributed by atoms with van der Waals surface area (Å²) in [6, 6.07) is 18.4. The highest BCUT2D eigenvalue weighted by Crippen LogP contribution is 2.40. The van der Waals surface area contributed by atoms with Gasteiger partial charge in [-0.1, -0.05) is 48.5 Å². The number of hydrogen-bond donors (Lipinski definition) is 0. The lowest BCUT2D eigenvalue weighted by molar-refractivity contribution is 0.0583. The van der Waals surface area contributed by atoms with E-state index >= 15 is 0 Å². The van der Waals surface area contributed by atoms with Crippen molar-refractivity contribution in [1.29, 1.82) is 0 Å². The van der Waals surface area contributed by atoms with Gasteiger partial charge in [-0.3, -0.25) is 4.90 Å². The molecule has 0 aromatic heterocycles. The summed E-state index contributed by atoms with van der Waals surface area (Å²) in [7, 11) is 0. The van der Waals surface area contributed by atoms with E-state index in [1.165, 1.54) is 11.1 Å². The van der Waals surface area contributed by atoms with E-state index in [2.05, 4.69) is 18.2 Å². The van der Waals surface area contributed by atoms with Crippen molar-refractivity contribution < 1.29 is 9.53 Å². The molecular weight excluding hydrogens is 274 g/mol. The van der Waals surface area contributed by atoms with Crippen LogP contribution in [0.1, 0.15) is 37.8 Å². The van der Waals surface area contributed by atoms with Crippen LogP contribution in [0.25, 0.3) is 0 Å². The van der Waals surface area contributed by atoms with Crippen molar-refractivity contribution in [3.8, 4) is 0 Å². The topological polar surface area (TPSA) is 29.5 Å². The van der Waals surface area contributed by atoms with Crippen molar-refractivity contribution in [3.05, 3.63) is 65.7 Å². The van der Waals surface area contributed by atoms with E-state index in [0.29, 0.717) is 6.54 Å². The first-order valence-corrected chi connectivity index (χ1v) is 7.60. The van der Waals surface area contributed by atoms with Gasteiger partial charge in [-0.2, -0.15) is 0 Å². The van der Waals surface area contributed by atoms with Gasteiger partial charge >= 0.3 is 6.09 Å². The normalized spacial score (nSPS) is 17.2. The minimum Gasteiger partial charge on any atom is -0.443 e. The maximum absolute atomic E-state index is 12.5. The van der Waals surface area contributed by atoms with Crippen LogP contribution in [-0.4, -0.2) is 18.2 Å². The van der Waals surface area contributed by atoms with Gasteiger partial charge in [0.15, 0.2) is 0 Å².